The highest BCUT2D eigenvalue weighted by Gasteiger charge is 2.15. The van der Waals surface area contributed by atoms with E-state index < -0.39 is 5.97 Å². The van der Waals surface area contributed by atoms with Crippen LogP contribution in [0.2, 0.25) is 0 Å². The Morgan fingerprint density at radius 3 is 2.45 bits per heavy atom. The number of hydrogen-bond donors (Lipinski definition) is 2. The molecule has 122 valence electrons. The molecule has 0 aliphatic rings. The number of carbonyl (C=O) groups is 2. The van der Waals surface area contributed by atoms with Crippen molar-refractivity contribution in [3.8, 4) is 0 Å². The summed E-state index contributed by atoms with van der Waals surface area (Å²) in [6.07, 6.45) is 4.30. The van der Waals surface area contributed by atoms with Gasteiger partial charge in [-0.15, -0.1) is 0 Å². The van der Waals surface area contributed by atoms with Gasteiger partial charge in [0.1, 0.15) is 0 Å². The Balaban J connectivity index is 2.89. The predicted molar refractivity (Wildman–Crippen MR) is 89.7 cm³/mol. The molecule has 0 atom stereocenters. The summed E-state index contributed by atoms with van der Waals surface area (Å²) in [6.45, 7) is 4.93. The van der Waals surface area contributed by atoms with Crippen molar-refractivity contribution in [2.45, 2.75) is 46.0 Å². The molecule has 1 rings (SSSR count). The largest absolute Gasteiger partial charge is 0.478 e. The van der Waals surface area contributed by atoms with Gasteiger partial charge in [-0.3, -0.25) is 4.79 Å². The Morgan fingerprint density at radius 2 is 1.86 bits per heavy atom. The summed E-state index contributed by atoms with van der Waals surface area (Å²) in [7, 11) is 1.89. The molecular weight excluding hydrogens is 280 g/mol. The minimum atomic E-state index is -0.983. The monoisotopic (exact) mass is 306 g/mol. The molecule has 2 N–H and O–H groups in total. The zero-order valence-electron chi connectivity index (χ0n) is 13.7. The molecule has 0 spiro atoms. The number of hydrogen-bond acceptors (Lipinski definition) is 3. The summed E-state index contributed by atoms with van der Waals surface area (Å²) < 4.78 is 0. The summed E-state index contributed by atoms with van der Waals surface area (Å²) >= 11 is 0. The fourth-order valence-corrected chi connectivity index (χ4v) is 2.19. The van der Waals surface area contributed by atoms with Crippen LogP contribution in [0.1, 0.15) is 56.3 Å². The molecule has 5 nitrogen and oxygen atoms in total. The maximum Gasteiger partial charge on any atom is 0.337 e. The topological polar surface area (TPSA) is 69.6 Å². The molecule has 1 aromatic carbocycles. The molecule has 0 aliphatic carbocycles. The number of aromatic carboxylic acids is 1. The van der Waals surface area contributed by atoms with E-state index in [2.05, 4.69) is 12.2 Å². The highest BCUT2D eigenvalue weighted by atomic mass is 16.4. The van der Waals surface area contributed by atoms with Crippen LogP contribution in [0.4, 0.5) is 11.4 Å². The first-order valence-corrected chi connectivity index (χ1v) is 7.87. The van der Waals surface area contributed by atoms with E-state index in [1.165, 1.54) is 6.07 Å². The van der Waals surface area contributed by atoms with Crippen molar-refractivity contribution in [3.05, 3.63) is 23.8 Å². The van der Waals surface area contributed by atoms with Crippen LogP contribution in [0, 0.1) is 0 Å². The molecule has 0 fully saturated rings. The zero-order valence-corrected chi connectivity index (χ0v) is 13.7. The number of benzene rings is 1. The third-order valence-corrected chi connectivity index (χ3v) is 3.53. The van der Waals surface area contributed by atoms with Gasteiger partial charge in [-0.05, 0) is 31.0 Å². The zero-order chi connectivity index (χ0) is 16.5. The average molecular weight is 306 g/mol. The number of rotatable bonds is 9. The van der Waals surface area contributed by atoms with E-state index in [9.17, 15) is 14.7 Å². The van der Waals surface area contributed by atoms with E-state index in [1.807, 2.05) is 18.9 Å². The van der Waals surface area contributed by atoms with Gasteiger partial charge in [-0.1, -0.05) is 26.7 Å². The van der Waals surface area contributed by atoms with E-state index in [-0.39, 0.29) is 11.5 Å². The van der Waals surface area contributed by atoms with Crippen LogP contribution in [0.3, 0.4) is 0 Å². The van der Waals surface area contributed by atoms with Crippen LogP contribution in [0.15, 0.2) is 18.2 Å². The van der Waals surface area contributed by atoms with E-state index in [0.29, 0.717) is 17.8 Å². The molecule has 0 radical (unpaired) electrons. The summed E-state index contributed by atoms with van der Waals surface area (Å²) in [4.78, 5) is 25.2. The number of amides is 1. The molecule has 0 bridgehead atoms. The van der Waals surface area contributed by atoms with E-state index >= 15 is 0 Å². The SMILES string of the molecule is CCCCC(=O)Nc1ccc(N(C)CCCC)c(C(=O)O)c1. The van der Waals surface area contributed by atoms with Crippen molar-refractivity contribution < 1.29 is 14.7 Å². The van der Waals surface area contributed by atoms with Gasteiger partial charge in [0.25, 0.3) is 0 Å². The molecule has 1 amide bonds. The molecule has 1 aromatic rings. The van der Waals surface area contributed by atoms with Crippen LogP contribution in [0.25, 0.3) is 0 Å². The number of carboxylic acid groups (broad SMARTS) is 1. The van der Waals surface area contributed by atoms with Gasteiger partial charge >= 0.3 is 5.97 Å². The Morgan fingerprint density at radius 1 is 1.18 bits per heavy atom. The van der Waals surface area contributed by atoms with Crippen LogP contribution >= 0.6 is 0 Å². The lowest BCUT2D eigenvalue weighted by atomic mass is 10.1. The number of unbranched alkanes of at least 4 members (excludes halogenated alkanes) is 2. The molecule has 0 aliphatic heterocycles. The van der Waals surface area contributed by atoms with Crippen molar-refractivity contribution in [2.75, 3.05) is 23.8 Å². The molecular formula is C17H26N2O3. The molecule has 0 heterocycles. The Bertz CT molecular complexity index is 515. The van der Waals surface area contributed by atoms with Gasteiger partial charge in [-0.25, -0.2) is 4.79 Å². The highest BCUT2D eigenvalue weighted by Crippen LogP contribution is 2.24. The molecule has 0 aromatic heterocycles. The number of carbonyl (C=O) groups excluding carboxylic acids is 1. The summed E-state index contributed by atoms with van der Waals surface area (Å²) in [5.41, 5.74) is 1.42. The van der Waals surface area contributed by atoms with Crippen LogP contribution < -0.4 is 10.2 Å². The van der Waals surface area contributed by atoms with Gasteiger partial charge in [0.05, 0.1) is 11.3 Å². The van der Waals surface area contributed by atoms with Gasteiger partial charge < -0.3 is 15.3 Å². The lowest BCUT2D eigenvalue weighted by molar-refractivity contribution is -0.116. The third kappa shape index (κ3) is 5.39. The quantitative estimate of drug-likeness (QED) is 0.729. The lowest BCUT2D eigenvalue weighted by Crippen LogP contribution is -2.21. The standard InChI is InChI=1S/C17H26N2O3/c1-4-6-8-16(20)18-13-9-10-15(14(12-13)17(21)22)19(3)11-7-5-2/h9-10,12H,4-8,11H2,1-3H3,(H,18,20)(H,21,22). The average Bonchev–Trinajstić information content (AvgIpc) is 2.50. The number of anilines is 2. The second-order valence-corrected chi connectivity index (χ2v) is 5.46. The lowest BCUT2D eigenvalue weighted by Gasteiger charge is -2.21. The number of nitrogens with one attached hydrogen (secondary N) is 1. The van der Waals surface area contributed by atoms with Crippen molar-refractivity contribution >= 4 is 23.3 Å². The van der Waals surface area contributed by atoms with Crippen molar-refractivity contribution in [3.63, 3.8) is 0 Å². The number of nitrogens with zero attached hydrogens (tertiary/aromatic N) is 1. The van der Waals surface area contributed by atoms with Crippen LogP contribution in [-0.4, -0.2) is 30.6 Å². The third-order valence-electron chi connectivity index (χ3n) is 3.53. The Hall–Kier alpha value is -2.04. The van der Waals surface area contributed by atoms with Gasteiger partial charge in [0, 0.05) is 25.7 Å². The first kappa shape index (κ1) is 18.0. The number of carboxylic acids is 1. The second-order valence-electron chi connectivity index (χ2n) is 5.46. The fraction of sp³-hybridized carbons (Fsp3) is 0.529. The molecule has 22 heavy (non-hydrogen) atoms. The van der Waals surface area contributed by atoms with E-state index in [0.717, 1.165) is 32.2 Å². The van der Waals surface area contributed by atoms with Crippen molar-refractivity contribution in [1.29, 1.82) is 0 Å². The van der Waals surface area contributed by atoms with Crippen LogP contribution in [-0.2, 0) is 4.79 Å². The Labute approximate surface area is 132 Å². The van der Waals surface area contributed by atoms with Gasteiger partial charge in [0.2, 0.25) is 5.91 Å². The smallest absolute Gasteiger partial charge is 0.337 e. The molecule has 0 saturated heterocycles. The molecule has 5 heteroatoms. The maximum absolute atomic E-state index is 11.7. The second kappa shape index (κ2) is 9.07. The van der Waals surface area contributed by atoms with Crippen molar-refractivity contribution in [1.82, 2.24) is 0 Å². The minimum Gasteiger partial charge on any atom is -0.478 e. The molecule has 0 unspecified atom stereocenters. The summed E-state index contributed by atoms with van der Waals surface area (Å²) in [5, 5.41) is 12.2. The first-order valence-electron chi connectivity index (χ1n) is 7.87. The first-order chi connectivity index (χ1) is 10.5. The summed E-state index contributed by atoms with van der Waals surface area (Å²) in [5.74, 6) is -1.06. The highest BCUT2D eigenvalue weighted by molar-refractivity contribution is 5.98. The van der Waals surface area contributed by atoms with E-state index in [1.54, 1.807) is 12.1 Å². The summed E-state index contributed by atoms with van der Waals surface area (Å²) in [6, 6.07) is 5.05. The van der Waals surface area contributed by atoms with Gasteiger partial charge in [-0.2, -0.15) is 0 Å². The van der Waals surface area contributed by atoms with Gasteiger partial charge in [0.15, 0.2) is 0 Å². The maximum atomic E-state index is 11.7. The minimum absolute atomic E-state index is 0.0784. The van der Waals surface area contributed by atoms with E-state index in [4.69, 9.17) is 0 Å². The van der Waals surface area contributed by atoms with Crippen LogP contribution in [0.5, 0.6) is 0 Å². The van der Waals surface area contributed by atoms with Crippen molar-refractivity contribution in [2.24, 2.45) is 0 Å². The fourth-order valence-electron chi connectivity index (χ4n) is 2.19. The Kier molecular flexibility index (Phi) is 7.43. The normalized spacial score (nSPS) is 10.3. The molecule has 0 saturated carbocycles. The predicted octanol–water partition coefficient (Wildman–Crippen LogP) is 3.75.